The van der Waals surface area contributed by atoms with Gasteiger partial charge in [-0.1, -0.05) is 25.3 Å². The molecule has 1 aliphatic rings. The Hall–Kier alpha value is -2.50. The van der Waals surface area contributed by atoms with Crippen LogP contribution in [0.4, 0.5) is 0 Å². The Labute approximate surface area is 154 Å². The summed E-state index contributed by atoms with van der Waals surface area (Å²) in [7, 11) is 4.43. The number of esters is 1. The van der Waals surface area contributed by atoms with Crippen LogP contribution in [-0.2, 0) is 16.0 Å². The molecule has 1 aromatic carbocycles. The summed E-state index contributed by atoms with van der Waals surface area (Å²) in [6.07, 6.45) is 6.23. The predicted molar refractivity (Wildman–Crippen MR) is 98.7 cm³/mol. The molecule has 2 rings (SSSR count). The van der Waals surface area contributed by atoms with Crippen molar-refractivity contribution in [1.29, 1.82) is 0 Å². The first-order valence-electron chi connectivity index (χ1n) is 8.78. The molecule has 1 aliphatic carbocycles. The molecular weight excluding hydrogens is 334 g/mol. The molecule has 1 N–H and O–H groups in total. The molecule has 26 heavy (non-hydrogen) atoms. The monoisotopic (exact) mass is 361 g/mol. The van der Waals surface area contributed by atoms with Gasteiger partial charge in [-0.3, -0.25) is 4.79 Å². The Kier molecular flexibility index (Phi) is 6.66. The number of carbonyl (C=O) groups excluding carboxylic acids is 2. The summed E-state index contributed by atoms with van der Waals surface area (Å²) < 4.78 is 15.7. The number of hydrogen-bond donors (Lipinski definition) is 1. The van der Waals surface area contributed by atoms with E-state index >= 15 is 0 Å². The predicted octanol–water partition coefficient (Wildman–Crippen LogP) is 3.04. The molecule has 0 unspecified atom stereocenters. The molecule has 0 aromatic heterocycles. The molecule has 0 atom stereocenters. The van der Waals surface area contributed by atoms with Crippen molar-refractivity contribution in [2.24, 2.45) is 0 Å². The Morgan fingerprint density at radius 1 is 1.15 bits per heavy atom. The van der Waals surface area contributed by atoms with Crippen molar-refractivity contribution in [2.45, 2.75) is 44.1 Å². The first kappa shape index (κ1) is 19.8. The first-order chi connectivity index (χ1) is 12.5. The molecule has 0 spiro atoms. The van der Waals surface area contributed by atoms with E-state index in [1.54, 1.807) is 25.3 Å². The van der Waals surface area contributed by atoms with Crippen molar-refractivity contribution in [1.82, 2.24) is 5.32 Å². The van der Waals surface area contributed by atoms with Gasteiger partial charge in [0.1, 0.15) is 5.54 Å². The van der Waals surface area contributed by atoms with E-state index in [2.05, 4.69) is 11.9 Å². The van der Waals surface area contributed by atoms with Gasteiger partial charge in [0.05, 0.1) is 21.3 Å². The van der Waals surface area contributed by atoms with Gasteiger partial charge in [0.2, 0.25) is 0 Å². The van der Waals surface area contributed by atoms with Crippen LogP contribution in [0.1, 0.15) is 48.0 Å². The lowest BCUT2D eigenvalue weighted by atomic mass is 9.81. The second kappa shape index (κ2) is 8.74. The third-order valence-corrected chi connectivity index (χ3v) is 4.82. The fourth-order valence-corrected chi connectivity index (χ4v) is 3.50. The van der Waals surface area contributed by atoms with Gasteiger partial charge in [0, 0.05) is 11.1 Å². The number of allylic oxidation sites excluding steroid dienone is 1. The van der Waals surface area contributed by atoms with Gasteiger partial charge in [-0.05, 0) is 31.4 Å². The van der Waals surface area contributed by atoms with Gasteiger partial charge >= 0.3 is 5.97 Å². The zero-order valence-corrected chi connectivity index (χ0v) is 15.7. The van der Waals surface area contributed by atoms with E-state index < -0.39 is 11.5 Å². The molecule has 1 fully saturated rings. The molecule has 6 nitrogen and oxygen atoms in total. The maximum absolute atomic E-state index is 12.9. The lowest BCUT2D eigenvalue weighted by molar-refractivity contribution is -0.149. The summed E-state index contributed by atoms with van der Waals surface area (Å²) >= 11 is 0. The molecule has 0 bridgehead atoms. The fourth-order valence-electron chi connectivity index (χ4n) is 3.50. The second-order valence-electron chi connectivity index (χ2n) is 6.45. The van der Waals surface area contributed by atoms with Crippen LogP contribution in [0.3, 0.4) is 0 Å². The Morgan fingerprint density at radius 2 is 1.85 bits per heavy atom. The number of benzene rings is 1. The molecule has 0 saturated heterocycles. The second-order valence-corrected chi connectivity index (χ2v) is 6.45. The van der Waals surface area contributed by atoms with Crippen LogP contribution >= 0.6 is 0 Å². The van der Waals surface area contributed by atoms with E-state index in [1.165, 1.54) is 14.2 Å². The number of hydrogen-bond acceptors (Lipinski definition) is 5. The fraction of sp³-hybridized carbons (Fsp3) is 0.500. The van der Waals surface area contributed by atoms with E-state index in [4.69, 9.17) is 14.2 Å². The van der Waals surface area contributed by atoms with Crippen LogP contribution in [0, 0.1) is 0 Å². The Morgan fingerprint density at radius 3 is 2.38 bits per heavy atom. The van der Waals surface area contributed by atoms with Crippen molar-refractivity contribution in [2.75, 3.05) is 21.3 Å². The Balaban J connectivity index is 2.37. The maximum Gasteiger partial charge on any atom is 0.331 e. The van der Waals surface area contributed by atoms with Crippen LogP contribution in [0.2, 0.25) is 0 Å². The van der Waals surface area contributed by atoms with Gasteiger partial charge in [-0.2, -0.15) is 0 Å². The minimum absolute atomic E-state index is 0.330. The van der Waals surface area contributed by atoms with Gasteiger partial charge in [-0.15, -0.1) is 6.58 Å². The van der Waals surface area contributed by atoms with Crippen LogP contribution < -0.4 is 14.8 Å². The molecule has 1 saturated carbocycles. The molecule has 0 radical (unpaired) electrons. The number of nitrogens with one attached hydrogen (secondary N) is 1. The van der Waals surface area contributed by atoms with E-state index in [1.807, 2.05) is 0 Å². The van der Waals surface area contributed by atoms with Crippen molar-refractivity contribution in [3.63, 3.8) is 0 Å². The van der Waals surface area contributed by atoms with Crippen LogP contribution in [0.5, 0.6) is 11.5 Å². The van der Waals surface area contributed by atoms with Crippen molar-refractivity contribution >= 4 is 11.9 Å². The summed E-state index contributed by atoms with van der Waals surface area (Å²) in [5.41, 5.74) is 0.242. The minimum atomic E-state index is -0.962. The zero-order chi connectivity index (χ0) is 19.2. The molecule has 6 heteroatoms. The van der Waals surface area contributed by atoms with Gasteiger partial charge in [0.25, 0.3) is 5.91 Å². The largest absolute Gasteiger partial charge is 0.493 e. The van der Waals surface area contributed by atoms with Crippen LogP contribution in [-0.4, -0.2) is 38.7 Å². The van der Waals surface area contributed by atoms with E-state index in [9.17, 15) is 9.59 Å². The molecule has 1 aromatic rings. The summed E-state index contributed by atoms with van der Waals surface area (Å²) in [6.45, 7) is 3.74. The summed E-state index contributed by atoms with van der Waals surface area (Å²) in [4.78, 5) is 25.3. The highest BCUT2D eigenvalue weighted by Crippen LogP contribution is 2.34. The molecule has 0 heterocycles. The number of methoxy groups -OCH3 is 3. The van der Waals surface area contributed by atoms with Gasteiger partial charge in [0.15, 0.2) is 11.5 Å². The van der Waals surface area contributed by atoms with Gasteiger partial charge in [-0.25, -0.2) is 4.79 Å². The lowest BCUT2D eigenvalue weighted by Crippen LogP contribution is -2.56. The zero-order valence-electron chi connectivity index (χ0n) is 15.7. The van der Waals surface area contributed by atoms with Crippen molar-refractivity contribution < 1.29 is 23.8 Å². The van der Waals surface area contributed by atoms with Gasteiger partial charge < -0.3 is 19.5 Å². The highest BCUT2D eigenvalue weighted by atomic mass is 16.5. The van der Waals surface area contributed by atoms with Crippen LogP contribution in [0.15, 0.2) is 24.8 Å². The molecule has 0 aliphatic heterocycles. The summed E-state index contributed by atoms with van der Waals surface area (Å²) in [5.74, 6) is 0.318. The average molecular weight is 361 g/mol. The standard InChI is InChI=1S/C20H27NO5/c1-5-9-14-12-15(13-16(24-2)17(14)25-3)18(22)21-20(19(23)26-4)10-7-6-8-11-20/h5,12-13H,1,6-11H2,2-4H3,(H,21,22). The average Bonchev–Trinajstić information content (AvgIpc) is 2.67. The molecule has 142 valence electrons. The highest BCUT2D eigenvalue weighted by Gasteiger charge is 2.42. The summed E-state index contributed by atoms with van der Waals surface area (Å²) in [6, 6.07) is 3.36. The topological polar surface area (TPSA) is 73.9 Å². The van der Waals surface area contributed by atoms with E-state index in [0.29, 0.717) is 36.3 Å². The number of carbonyl (C=O) groups is 2. The molecule has 1 amide bonds. The maximum atomic E-state index is 12.9. The minimum Gasteiger partial charge on any atom is -0.493 e. The normalized spacial score (nSPS) is 15.7. The molecular formula is C20H27NO5. The highest BCUT2D eigenvalue weighted by molar-refractivity contribution is 5.99. The summed E-state index contributed by atoms with van der Waals surface area (Å²) in [5, 5.41) is 2.92. The SMILES string of the molecule is C=CCc1cc(C(=O)NC2(C(=O)OC)CCCCC2)cc(OC)c1OC. The quantitative estimate of drug-likeness (QED) is 0.597. The van der Waals surface area contributed by atoms with E-state index in [-0.39, 0.29) is 5.91 Å². The third kappa shape index (κ3) is 4.00. The smallest absolute Gasteiger partial charge is 0.331 e. The van der Waals surface area contributed by atoms with Crippen LogP contribution in [0.25, 0.3) is 0 Å². The van der Waals surface area contributed by atoms with E-state index in [0.717, 1.165) is 24.8 Å². The lowest BCUT2D eigenvalue weighted by Gasteiger charge is -2.35. The number of amides is 1. The number of ether oxygens (including phenoxy) is 3. The van der Waals surface area contributed by atoms with Crippen molar-refractivity contribution in [3.8, 4) is 11.5 Å². The van der Waals surface area contributed by atoms with Crippen molar-refractivity contribution in [3.05, 3.63) is 35.9 Å². The third-order valence-electron chi connectivity index (χ3n) is 4.82. The number of rotatable bonds is 7. The first-order valence-corrected chi connectivity index (χ1v) is 8.78. The Bertz CT molecular complexity index is 677.